The van der Waals surface area contributed by atoms with E-state index in [0.717, 1.165) is 7.11 Å². The molecule has 32 heavy (non-hydrogen) atoms. The van der Waals surface area contributed by atoms with Gasteiger partial charge in [0.1, 0.15) is 6.54 Å². The number of nitrogens with zero attached hydrogens (tertiary/aromatic N) is 1. The van der Waals surface area contributed by atoms with Crippen molar-refractivity contribution < 1.29 is 61.9 Å². The molecule has 0 aromatic carbocycles. The number of esters is 1. The fraction of sp³-hybridized carbons (Fsp3) is 0.938. The number of rotatable bonds is 11. The van der Waals surface area contributed by atoms with E-state index in [-0.39, 0.29) is 13.5 Å². The zero-order valence-electron chi connectivity index (χ0n) is 17.2. The van der Waals surface area contributed by atoms with Crippen LogP contribution in [0.4, 0.5) is 43.9 Å². The normalized spacial score (nSPS) is 17.7. The maximum Gasteiger partial charge on any atom is 0.422 e. The molecule has 0 amide bonds. The van der Waals surface area contributed by atoms with Crippen molar-refractivity contribution in [3.05, 3.63) is 0 Å². The van der Waals surface area contributed by atoms with Crippen LogP contribution in [0, 0.1) is 11.8 Å². The van der Waals surface area contributed by atoms with Gasteiger partial charge in [-0.25, -0.2) is 12.8 Å². The van der Waals surface area contributed by atoms with Gasteiger partial charge in [-0.15, -0.1) is 0 Å². The van der Waals surface area contributed by atoms with Crippen molar-refractivity contribution in [1.29, 1.82) is 0 Å². The first-order valence-electron chi connectivity index (χ1n) is 9.02. The molecule has 0 rings (SSSR count). The molecule has 0 radical (unpaired) electrons. The number of hydrogen-bond donors (Lipinski definition) is 0. The van der Waals surface area contributed by atoms with Crippen LogP contribution in [0.3, 0.4) is 0 Å². The average molecular weight is 515 g/mol. The second-order valence-corrected chi connectivity index (χ2v) is 9.31. The second kappa shape index (κ2) is 10.7. The number of alkyl halides is 10. The molecule has 0 aliphatic heterocycles. The van der Waals surface area contributed by atoms with Gasteiger partial charge in [0.05, 0.1) is 24.7 Å². The Morgan fingerprint density at radius 3 is 1.75 bits per heavy atom. The highest BCUT2D eigenvalue weighted by Crippen LogP contribution is 2.47. The van der Waals surface area contributed by atoms with Gasteiger partial charge < -0.3 is 4.74 Å². The first-order chi connectivity index (χ1) is 14.1. The third kappa shape index (κ3) is 9.27. The zero-order chi connectivity index (χ0) is 25.8. The molecule has 0 aliphatic carbocycles. The first-order valence-corrected chi connectivity index (χ1v) is 10.6. The number of carbonyl (C=O) groups is 1. The topological polar surface area (TPSA) is 63.7 Å². The molecule has 3 atom stereocenters. The molecule has 192 valence electrons. The van der Waals surface area contributed by atoms with Crippen LogP contribution in [-0.4, -0.2) is 68.8 Å². The van der Waals surface area contributed by atoms with E-state index in [4.69, 9.17) is 0 Å². The lowest BCUT2D eigenvalue weighted by Crippen LogP contribution is -2.44. The minimum Gasteiger partial charge on any atom is -0.468 e. The van der Waals surface area contributed by atoms with Gasteiger partial charge in [0.15, 0.2) is 0 Å². The van der Waals surface area contributed by atoms with Gasteiger partial charge in [-0.2, -0.15) is 43.8 Å². The van der Waals surface area contributed by atoms with E-state index in [1.807, 2.05) is 0 Å². The average Bonchev–Trinajstić information content (AvgIpc) is 2.58. The number of ether oxygens (including phenoxy) is 1. The molecule has 0 N–H and O–H groups in total. The predicted octanol–water partition coefficient (Wildman–Crippen LogP) is 4.63. The number of sulfonamides is 1. The maximum atomic E-state index is 13.8. The standard InChI is InChI=1S/C16H23F10NO4S/c1-4-27(9-12(28)31-3)32(29,30)6-5-10(14(18,19)20)7-11(15(21,22)23)8-13(2,17)16(24,25)26/h10-11H,4-9H2,1-3H3. The van der Waals surface area contributed by atoms with Crippen molar-refractivity contribution >= 4 is 16.0 Å². The summed E-state index contributed by atoms with van der Waals surface area (Å²) in [6.07, 6.45) is -22.5. The summed E-state index contributed by atoms with van der Waals surface area (Å²) in [5.74, 6) is -8.73. The molecular formula is C16H23F10NO4S. The van der Waals surface area contributed by atoms with E-state index in [2.05, 4.69) is 4.74 Å². The SMILES string of the molecule is CCN(CC(=O)OC)S(=O)(=O)CCC(CC(CC(C)(F)C(F)(F)F)C(F)(F)F)C(F)(F)F. The highest BCUT2D eigenvalue weighted by molar-refractivity contribution is 7.89. The molecule has 0 aromatic heterocycles. The molecular weight excluding hydrogens is 492 g/mol. The van der Waals surface area contributed by atoms with Crippen LogP contribution < -0.4 is 0 Å². The van der Waals surface area contributed by atoms with E-state index in [1.165, 1.54) is 6.92 Å². The third-order valence-electron chi connectivity index (χ3n) is 4.72. The fourth-order valence-electron chi connectivity index (χ4n) is 2.71. The summed E-state index contributed by atoms with van der Waals surface area (Å²) in [5, 5.41) is 0. The summed E-state index contributed by atoms with van der Waals surface area (Å²) in [4.78, 5) is 11.2. The van der Waals surface area contributed by atoms with E-state index >= 15 is 0 Å². The predicted molar refractivity (Wildman–Crippen MR) is 91.6 cm³/mol. The quantitative estimate of drug-likeness (QED) is 0.298. The molecule has 0 heterocycles. The maximum absolute atomic E-state index is 13.8. The van der Waals surface area contributed by atoms with Crippen LogP contribution in [-0.2, 0) is 19.6 Å². The second-order valence-electron chi connectivity index (χ2n) is 7.22. The van der Waals surface area contributed by atoms with E-state index in [9.17, 15) is 57.1 Å². The largest absolute Gasteiger partial charge is 0.468 e. The molecule has 0 bridgehead atoms. The Labute approximate surface area is 178 Å². The number of carbonyl (C=O) groups excluding carboxylic acids is 1. The molecule has 0 aromatic rings. The molecule has 16 heteroatoms. The third-order valence-corrected chi connectivity index (χ3v) is 6.64. The highest BCUT2D eigenvalue weighted by atomic mass is 32.2. The Kier molecular flexibility index (Phi) is 10.3. The van der Waals surface area contributed by atoms with Gasteiger partial charge >= 0.3 is 24.5 Å². The van der Waals surface area contributed by atoms with Crippen LogP contribution in [0.25, 0.3) is 0 Å². The summed E-state index contributed by atoms with van der Waals surface area (Å²) in [5.41, 5.74) is -4.42. The number of likely N-dealkylation sites (N-methyl/N-ethyl adjacent to an activating group) is 1. The van der Waals surface area contributed by atoms with Crippen LogP contribution in [0.5, 0.6) is 0 Å². The first kappa shape index (κ1) is 30.7. The Bertz CT molecular complexity index is 716. The van der Waals surface area contributed by atoms with E-state index < -0.39 is 83.6 Å². The number of methoxy groups -OCH3 is 1. The summed E-state index contributed by atoms with van der Waals surface area (Å²) < 4.78 is 160. The van der Waals surface area contributed by atoms with Crippen molar-refractivity contribution in [1.82, 2.24) is 4.31 Å². The summed E-state index contributed by atoms with van der Waals surface area (Å²) in [7, 11) is -3.65. The minimum atomic E-state index is -5.76. The lowest BCUT2D eigenvalue weighted by molar-refractivity contribution is -0.255. The van der Waals surface area contributed by atoms with Gasteiger partial charge in [-0.05, 0) is 19.8 Å². The van der Waals surface area contributed by atoms with E-state index in [1.54, 1.807) is 0 Å². The van der Waals surface area contributed by atoms with Crippen LogP contribution in [0.2, 0.25) is 0 Å². The summed E-state index contributed by atoms with van der Waals surface area (Å²) >= 11 is 0. The van der Waals surface area contributed by atoms with Crippen LogP contribution >= 0.6 is 0 Å². The molecule has 3 unspecified atom stereocenters. The lowest BCUT2D eigenvalue weighted by atomic mass is 9.84. The van der Waals surface area contributed by atoms with E-state index in [0.29, 0.717) is 4.31 Å². The number of halogens is 10. The van der Waals surface area contributed by atoms with Gasteiger partial charge in [0, 0.05) is 13.0 Å². The Hall–Kier alpha value is -1.32. The molecule has 0 saturated carbocycles. The van der Waals surface area contributed by atoms with Crippen molar-refractivity contribution in [2.45, 2.75) is 57.3 Å². The molecule has 5 nitrogen and oxygen atoms in total. The Balaban J connectivity index is 5.72. The highest BCUT2D eigenvalue weighted by Gasteiger charge is 2.57. The lowest BCUT2D eigenvalue weighted by Gasteiger charge is -2.32. The van der Waals surface area contributed by atoms with Crippen molar-refractivity contribution in [2.75, 3.05) is 26.0 Å². The smallest absolute Gasteiger partial charge is 0.422 e. The van der Waals surface area contributed by atoms with Crippen molar-refractivity contribution in [2.24, 2.45) is 11.8 Å². The van der Waals surface area contributed by atoms with Crippen molar-refractivity contribution in [3.63, 3.8) is 0 Å². The molecule has 0 spiro atoms. The summed E-state index contributed by atoms with van der Waals surface area (Å²) in [6, 6.07) is 0. The molecule has 0 saturated heterocycles. The minimum absolute atomic E-state index is 0.218. The number of hydrogen-bond acceptors (Lipinski definition) is 4. The van der Waals surface area contributed by atoms with Gasteiger partial charge in [-0.1, -0.05) is 6.92 Å². The van der Waals surface area contributed by atoms with Crippen LogP contribution in [0.1, 0.15) is 33.1 Å². The molecule has 0 aliphatic rings. The van der Waals surface area contributed by atoms with Gasteiger partial charge in [-0.3, -0.25) is 4.79 Å². The molecule has 0 fully saturated rings. The Morgan fingerprint density at radius 2 is 1.41 bits per heavy atom. The Morgan fingerprint density at radius 1 is 0.938 bits per heavy atom. The van der Waals surface area contributed by atoms with Crippen molar-refractivity contribution in [3.8, 4) is 0 Å². The zero-order valence-corrected chi connectivity index (χ0v) is 18.0. The summed E-state index contributed by atoms with van der Waals surface area (Å²) in [6.45, 7) is -0.209. The monoisotopic (exact) mass is 515 g/mol. The fourth-order valence-corrected chi connectivity index (χ4v) is 4.24. The van der Waals surface area contributed by atoms with Gasteiger partial charge in [0.2, 0.25) is 15.7 Å². The van der Waals surface area contributed by atoms with Crippen LogP contribution in [0.15, 0.2) is 0 Å². The van der Waals surface area contributed by atoms with Gasteiger partial charge in [0.25, 0.3) is 0 Å².